The molecule has 0 spiro atoms. The van der Waals surface area contributed by atoms with Crippen molar-refractivity contribution in [3.63, 3.8) is 0 Å². The molecule has 0 aliphatic carbocycles. The molecule has 0 saturated carbocycles. The van der Waals surface area contributed by atoms with Crippen LogP contribution in [0.15, 0.2) is 0 Å². The van der Waals surface area contributed by atoms with E-state index in [0.29, 0.717) is 19.8 Å². The van der Waals surface area contributed by atoms with Gasteiger partial charge in [-0.3, -0.25) is 10.2 Å². The highest BCUT2D eigenvalue weighted by Gasteiger charge is 2.25. The van der Waals surface area contributed by atoms with Gasteiger partial charge in [0.25, 0.3) is 5.91 Å². The van der Waals surface area contributed by atoms with Gasteiger partial charge in [-0.15, -0.1) is 0 Å². The van der Waals surface area contributed by atoms with Gasteiger partial charge in [0.2, 0.25) is 0 Å². The maximum Gasteiger partial charge on any atom is 0.263 e. The summed E-state index contributed by atoms with van der Waals surface area (Å²) in [7, 11) is 0. The van der Waals surface area contributed by atoms with Crippen LogP contribution in [0.1, 0.15) is 12.8 Å². The van der Waals surface area contributed by atoms with Gasteiger partial charge in [-0.25, -0.2) is 5.01 Å². The quantitative estimate of drug-likeness (QED) is 0.654. The number of morpholine rings is 1. The Morgan fingerprint density at radius 2 is 2.07 bits per heavy atom. The van der Waals surface area contributed by atoms with Crippen molar-refractivity contribution in [3.8, 4) is 0 Å². The number of carbonyl (C=O) groups is 1. The second-order valence-corrected chi connectivity index (χ2v) is 3.58. The summed E-state index contributed by atoms with van der Waals surface area (Å²) in [5.41, 5.74) is 2.85. The summed E-state index contributed by atoms with van der Waals surface area (Å²) in [6.07, 6.45) is 1.59. The number of rotatable bonds is 2. The van der Waals surface area contributed by atoms with Gasteiger partial charge in [0, 0.05) is 19.7 Å². The molecule has 0 aromatic rings. The third-order valence-electron chi connectivity index (χ3n) is 2.50. The average Bonchev–Trinajstić information content (AvgIpc) is 2.72. The molecule has 5 nitrogen and oxygen atoms in total. The summed E-state index contributed by atoms with van der Waals surface area (Å²) in [4.78, 5) is 11.6. The number of nitrogens with one attached hydrogen (secondary N) is 1. The zero-order chi connectivity index (χ0) is 9.80. The van der Waals surface area contributed by atoms with Crippen LogP contribution < -0.4 is 5.43 Å². The maximum absolute atomic E-state index is 11.6. The Kier molecular flexibility index (Phi) is 3.34. The topological polar surface area (TPSA) is 50.8 Å². The van der Waals surface area contributed by atoms with Crippen LogP contribution in [-0.2, 0) is 14.3 Å². The molecule has 1 amide bonds. The Hall–Kier alpha value is -0.650. The van der Waals surface area contributed by atoms with Crippen LogP contribution >= 0.6 is 0 Å². The minimum Gasteiger partial charge on any atom is -0.379 e. The minimum absolute atomic E-state index is 0.00981. The van der Waals surface area contributed by atoms with E-state index in [1.54, 1.807) is 0 Å². The van der Waals surface area contributed by atoms with Gasteiger partial charge < -0.3 is 9.47 Å². The predicted octanol–water partition coefficient (Wildman–Crippen LogP) is -0.471. The summed E-state index contributed by atoms with van der Waals surface area (Å²) in [5, 5.41) is 1.90. The number of nitrogens with zero attached hydrogens (tertiary/aromatic N) is 1. The second-order valence-electron chi connectivity index (χ2n) is 3.58. The summed E-state index contributed by atoms with van der Waals surface area (Å²) in [5.74, 6) is -0.00981. The van der Waals surface area contributed by atoms with E-state index in [1.165, 1.54) is 0 Å². The standard InChI is InChI=1S/C9H16N2O3/c12-9(8-2-1-5-14-8)10-11-3-6-13-7-4-11/h8H,1-7H2,(H,10,12)/t8-/m0/s1. The van der Waals surface area contributed by atoms with Gasteiger partial charge in [-0.05, 0) is 12.8 Å². The van der Waals surface area contributed by atoms with Gasteiger partial charge >= 0.3 is 0 Å². The lowest BCUT2D eigenvalue weighted by Crippen LogP contribution is -2.51. The summed E-state index contributed by atoms with van der Waals surface area (Å²) in [6, 6.07) is 0. The van der Waals surface area contributed by atoms with Crippen LogP contribution in [0, 0.1) is 0 Å². The Labute approximate surface area is 83.3 Å². The summed E-state index contributed by atoms with van der Waals surface area (Å²) >= 11 is 0. The SMILES string of the molecule is O=C(NN1CCOCC1)[C@@H]1CCCO1. The minimum atomic E-state index is -0.238. The van der Waals surface area contributed by atoms with E-state index in [9.17, 15) is 4.79 Å². The fourth-order valence-corrected chi connectivity index (χ4v) is 1.69. The number of amides is 1. The Bertz CT molecular complexity index is 198. The summed E-state index contributed by atoms with van der Waals surface area (Å²) < 4.78 is 10.5. The number of ether oxygens (including phenoxy) is 2. The molecule has 1 atom stereocenters. The Morgan fingerprint density at radius 3 is 2.71 bits per heavy atom. The first-order valence-corrected chi connectivity index (χ1v) is 5.11. The van der Waals surface area contributed by atoms with E-state index in [1.807, 2.05) is 5.01 Å². The lowest BCUT2D eigenvalue weighted by atomic mass is 10.2. The molecular weight excluding hydrogens is 184 g/mol. The smallest absolute Gasteiger partial charge is 0.263 e. The van der Waals surface area contributed by atoms with Gasteiger partial charge in [-0.2, -0.15) is 0 Å². The van der Waals surface area contributed by atoms with E-state index < -0.39 is 0 Å². The molecule has 2 aliphatic heterocycles. The molecule has 14 heavy (non-hydrogen) atoms. The van der Waals surface area contributed by atoms with Crippen LogP contribution in [0.3, 0.4) is 0 Å². The molecule has 80 valence electrons. The van der Waals surface area contributed by atoms with Gasteiger partial charge in [0.15, 0.2) is 0 Å². The molecule has 5 heteroatoms. The van der Waals surface area contributed by atoms with Crippen molar-refractivity contribution in [2.45, 2.75) is 18.9 Å². The van der Waals surface area contributed by atoms with Gasteiger partial charge in [0.1, 0.15) is 6.10 Å². The maximum atomic E-state index is 11.6. The predicted molar refractivity (Wildman–Crippen MR) is 49.5 cm³/mol. The number of hydrogen-bond acceptors (Lipinski definition) is 4. The number of hydrogen-bond donors (Lipinski definition) is 1. The van der Waals surface area contributed by atoms with Crippen LogP contribution in [0.25, 0.3) is 0 Å². The lowest BCUT2D eigenvalue weighted by Gasteiger charge is -2.27. The van der Waals surface area contributed by atoms with E-state index in [2.05, 4.69) is 5.43 Å². The largest absolute Gasteiger partial charge is 0.379 e. The van der Waals surface area contributed by atoms with Crippen LogP contribution in [-0.4, -0.2) is 49.9 Å². The zero-order valence-electron chi connectivity index (χ0n) is 8.20. The first-order valence-electron chi connectivity index (χ1n) is 5.11. The molecule has 0 unspecified atom stereocenters. The molecule has 2 heterocycles. The van der Waals surface area contributed by atoms with Crippen molar-refractivity contribution < 1.29 is 14.3 Å². The fraction of sp³-hybridized carbons (Fsp3) is 0.889. The molecule has 0 aromatic heterocycles. The summed E-state index contributed by atoms with van der Waals surface area (Å²) in [6.45, 7) is 3.61. The third-order valence-corrected chi connectivity index (χ3v) is 2.50. The molecule has 1 N–H and O–H groups in total. The molecule has 0 radical (unpaired) electrons. The van der Waals surface area contributed by atoms with Crippen molar-refractivity contribution >= 4 is 5.91 Å². The third kappa shape index (κ3) is 2.43. The van der Waals surface area contributed by atoms with Crippen molar-refractivity contribution in [2.75, 3.05) is 32.9 Å². The second kappa shape index (κ2) is 4.72. The van der Waals surface area contributed by atoms with E-state index in [4.69, 9.17) is 9.47 Å². The van der Waals surface area contributed by atoms with Crippen molar-refractivity contribution in [3.05, 3.63) is 0 Å². The fourth-order valence-electron chi connectivity index (χ4n) is 1.69. The molecule has 2 fully saturated rings. The number of hydrazine groups is 1. The van der Waals surface area contributed by atoms with E-state index in [-0.39, 0.29) is 12.0 Å². The monoisotopic (exact) mass is 200 g/mol. The Morgan fingerprint density at radius 1 is 1.29 bits per heavy atom. The molecular formula is C9H16N2O3. The molecule has 0 aromatic carbocycles. The normalized spacial score (nSPS) is 29.0. The van der Waals surface area contributed by atoms with Crippen molar-refractivity contribution in [2.24, 2.45) is 0 Å². The first kappa shape index (κ1) is 9.89. The molecule has 0 bridgehead atoms. The van der Waals surface area contributed by atoms with Crippen LogP contribution in [0.2, 0.25) is 0 Å². The van der Waals surface area contributed by atoms with Crippen molar-refractivity contribution in [1.29, 1.82) is 0 Å². The van der Waals surface area contributed by atoms with Gasteiger partial charge in [0.05, 0.1) is 13.2 Å². The lowest BCUT2D eigenvalue weighted by molar-refractivity contribution is -0.137. The average molecular weight is 200 g/mol. The highest BCUT2D eigenvalue weighted by Crippen LogP contribution is 2.11. The van der Waals surface area contributed by atoms with E-state index in [0.717, 1.165) is 25.9 Å². The first-order chi connectivity index (χ1) is 6.86. The van der Waals surface area contributed by atoms with Crippen molar-refractivity contribution in [1.82, 2.24) is 10.4 Å². The molecule has 2 rings (SSSR count). The van der Waals surface area contributed by atoms with Crippen LogP contribution in [0.4, 0.5) is 0 Å². The molecule has 2 aliphatic rings. The highest BCUT2D eigenvalue weighted by atomic mass is 16.5. The Balaban J connectivity index is 1.75. The van der Waals surface area contributed by atoms with Gasteiger partial charge in [-0.1, -0.05) is 0 Å². The highest BCUT2D eigenvalue weighted by molar-refractivity contribution is 5.80. The van der Waals surface area contributed by atoms with Crippen LogP contribution in [0.5, 0.6) is 0 Å². The molecule has 2 saturated heterocycles. The van der Waals surface area contributed by atoms with E-state index >= 15 is 0 Å². The zero-order valence-corrected chi connectivity index (χ0v) is 8.20. The number of carbonyl (C=O) groups excluding carboxylic acids is 1.